The quantitative estimate of drug-likeness (QED) is 0.838. The molecular weight excluding hydrogens is 308 g/mol. The van der Waals surface area contributed by atoms with Gasteiger partial charge in [-0.2, -0.15) is 0 Å². The van der Waals surface area contributed by atoms with Crippen molar-refractivity contribution in [1.29, 1.82) is 0 Å². The zero-order valence-corrected chi connectivity index (χ0v) is 15.3. The summed E-state index contributed by atoms with van der Waals surface area (Å²) in [5.74, 6) is 0.820. The highest BCUT2D eigenvalue weighted by molar-refractivity contribution is 5.70. The Labute approximate surface area is 144 Å². The molecule has 0 spiro atoms. The molecule has 0 unspecified atom stereocenters. The van der Waals surface area contributed by atoms with Gasteiger partial charge in [0.05, 0.1) is 13.2 Å². The molecule has 1 heterocycles. The van der Waals surface area contributed by atoms with E-state index in [1.807, 2.05) is 33.9 Å². The van der Waals surface area contributed by atoms with E-state index in [9.17, 15) is 4.79 Å². The first kappa shape index (κ1) is 18.4. The summed E-state index contributed by atoms with van der Waals surface area (Å²) < 4.78 is 16.2. The number of rotatable bonds is 5. The number of anilines is 1. The number of methoxy groups -OCH3 is 1. The first-order valence-electron chi connectivity index (χ1n) is 8.27. The van der Waals surface area contributed by atoms with E-state index in [0.717, 1.165) is 23.4 Å². The van der Waals surface area contributed by atoms with E-state index in [0.29, 0.717) is 26.3 Å². The van der Waals surface area contributed by atoms with Crippen LogP contribution in [-0.4, -0.2) is 50.5 Å². The predicted octanol–water partition coefficient (Wildman–Crippen LogP) is 3.05. The maximum absolute atomic E-state index is 12.3. The lowest BCUT2D eigenvalue weighted by molar-refractivity contribution is 0.0224. The molecule has 0 aliphatic carbocycles. The fourth-order valence-corrected chi connectivity index (χ4v) is 2.67. The second kappa shape index (κ2) is 7.75. The average molecular weight is 336 g/mol. The van der Waals surface area contributed by atoms with Crippen molar-refractivity contribution in [3.63, 3.8) is 0 Å². The number of hydrogen-bond donors (Lipinski definition) is 1. The molecule has 134 valence electrons. The Morgan fingerprint density at radius 1 is 1.29 bits per heavy atom. The number of nitrogens with one attached hydrogen (secondary N) is 1. The van der Waals surface area contributed by atoms with Crippen molar-refractivity contribution in [1.82, 2.24) is 4.90 Å². The smallest absolute Gasteiger partial charge is 0.410 e. The molecule has 1 aliphatic rings. The lowest BCUT2D eigenvalue weighted by Gasteiger charge is -2.32. The predicted molar refractivity (Wildman–Crippen MR) is 93.7 cm³/mol. The van der Waals surface area contributed by atoms with Gasteiger partial charge in [-0.15, -0.1) is 0 Å². The van der Waals surface area contributed by atoms with Crippen LogP contribution in [-0.2, 0) is 22.4 Å². The topological polar surface area (TPSA) is 60.0 Å². The summed E-state index contributed by atoms with van der Waals surface area (Å²) in [5, 5.41) is 3.20. The van der Waals surface area contributed by atoms with E-state index in [-0.39, 0.29) is 6.09 Å². The standard InChI is InChI=1S/C18H28N2O4/c1-18(2,3)24-17(21)20-7-6-13-10-14(23-9-8-22-5)11-16(19-4)15(13)12-20/h10-11,19H,6-9,12H2,1-5H3. The highest BCUT2D eigenvalue weighted by Crippen LogP contribution is 2.31. The summed E-state index contributed by atoms with van der Waals surface area (Å²) in [6, 6.07) is 4.02. The van der Waals surface area contributed by atoms with Crippen molar-refractivity contribution in [2.75, 3.05) is 39.2 Å². The molecule has 1 aromatic carbocycles. The number of ether oxygens (including phenoxy) is 3. The number of fused-ring (bicyclic) bond motifs is 1. The lowest BCUT2D eigenvalue weighted by Crippen LogP contribution is -2.40. The Balaban J connectivity index is 2.14. The Morgan fingerprint density at radius 2 is 2.04 bits per heavy atom. The molecule has 0 fully saturated rings. The minimum atomic E-state index is -0.484. The molecule has 1 aromatic rings. The molecule has 6 heteroatoms. The Bertz CT molecular complexity index is 564. The normalized spacial score (nSPS) is 14.1. The summed E-state index contributed by atoms with van der Waals surface area (Å²) in [6.45, 7) is 7.90. The summed E-state index contributed by atoms with van der Waals surface area (Å²) in [4.78, 5) is 14.1. The maximum atomic E-state index is 12.3. The fraction of sp³-hybridized carbons (Fsp3) is 0.611. The van der Waals surface area contributed by atoms with Crippen LogP contribution in [0.15, 0.2) is 12.1 Å². The number of nitrogens with zero attached hydrogens (tertiary/aromatic N) is 1. The molecule has 0 saturated carbocycles. The molecule has 0 aromatic heterocycles. The molecule has 1 aliphatic heterocycles. The largest absolute Gasteiger partial charge is 0.491 e. The number of carbonyl (C=O) groups is 1. The number of hydrogen-bond acceptors (Lipinski definition) is 5. The minimum absolute atomic E-state index is 0.268. The Hall–Kier alpha value is -1.95. The van der Waals surface area contributed by atoms with E-state index >= 15 is 0 Å². The van der Waals surface area contributed by atoms with E-state index < -0.39 is 5.60 Å². The van der Waals surface area contributed by atoms with Gasteiger partial charge in [0.2, 0.25) is 0 Å². The van der Waals surface area contributed by atoms with Gasteiger partial charge < -0.3 is 24.4 Å². The summed E-state index contributed by atoms with van der Waals surface area (Å²) >= 11 is 0. The van der Waals surface area contributed by atoms with Crippen LogP contribution in [0.4, 0.5) is 10.5 Å². The highest BCUT2D eigenvalue weighted by Gasteiger charge is 2.27. The van der Waals surface area contributed by atoms with E-state index in [1.54, 1.807) is 12.0 Å². The van der Waals surface area contributed by atoms with Crippen molar-refractivity contribution >= 4 is 11.8 Å². The molecule has 6 nitrogen and oxygen atoms in total. The first-order chi connectivity index (χ1) is 11.3. The van der Waals surface area contributed by atoms with Crippen LogP contribution in [0.1, 0.15) is 31.9 Å². The minimum Gasteiger partial charge on any atom is -0.491 e. The van der Waals surface area contributed by atoms with Gasteiger partial charge in [-0.25, -0.2) is 4.79 Å². The van der Waals surface area contributed by atoms with Gasteiger partial charge in [0.15, 0.2) is 0 Å². The van der Waals surface area contributed by atoms with Gasteiger partial charge in [0.25, 0.3) is 0 Å². The third kappa shape index (κ3) is 4.77. The van der Waals surface area contributed by atoms with Crippen LogP contribution in [0, 0.1) is 0 Å². The van der Waals surface area contributed by atoms with Crippen molar-refractivity contribution in [3.8, 4) is 5.75 Å². The molecule has 0 radical (unpaired) electrons. The van der Waals surface area contributed by atoms with Crippen LogP contribution in [0.25, 0.3) is 0 Å². The van der Waals surface area contributed by atoms with E-state index in [2.05, 4.69) is 11.4 Å². The van der Waals surface area contributed by atoms with Crippen molar-refractivity contribution in [3.05, 3.63) is 23.3 Å². The fourth-order valence-electron chi connectivity index (χ4n) is 2.67. The van der Waals surface area contributed by atoms with Crippen LogP contribution in [0.2, 0.25) is 0 Å². The summed E-state index contributed by atoms with van der Waals surface area (Å²) in [7, 11) is 3.53. The van der Waals surface area contributed by atoms with Crippen LogP contribution >= 0.6 is 0 Å². The molecule has 0 atom stereocenters. The second-order valence-corrected chi connectivity index (χ2v) is 6.85. The van der Waals surface area contributed by atoms with Crippen molar-refractivity contribution in [2.24, 2.45) is 0 Å². The number of carbonyl (C=O) groups excluding carboxylic acids is 1. The van der Waals surface area contributed by atoms with Gasteiger partial charge >= 0.3 is 6.09 Å². The summed E-state index contributed by atoms with van der Waals surface area (Å²) in [6.07, 6.45) is 0.515. The highest BCUT2D eigenvalue weighted by atomic mass is 16.6. The maximum Gasteiger partial charge on any atom is 0.410 e. The van der Waals surface area contributed by atoms with E-state index in [4.69, 9.17) is 14.2 Å². The molecule has 1 amide bonds. The SMILES string of the molecule is CNc1cc(OCCOC)cc2c1CN(C(=O)OC(C)(C)C)CC2. The second-order valence-electron chi connectivity index (χ2n) is 6.85. The van der Waals surface area contributed by atoms with Gasteiger partial charge in [-0.1, -0.05) is 0 Å². The van der Waals surface area contributed by atoms with E-state index in [1.165, 1.54) is 5.56 Å². The molecular formula is C18H28N2O4. The van der Waals surface area contributed by atoms with Crippen LogP contribution in [0.3, 0.4) is 0 Å². The van der Waals surface area contributed by atoms with Gasteiger partial charge in [-0.05, 0) is 44.4 Å². The Morgan fingerprint density at radius 3 is 2.67 bits per heavy atom. The third-order valence-electron chi connectivity index (χ3n) is 3.79. The lowest BCUT2D eigenvalue weighted by atomic mass is 9.97. The monoisotopic (exact) mass is 336 g/mol. The van der Waals surface area contributed by atoms with Crippen molar-refractivity contribution < 1.29 is 19.0 Å². The number of benzene rings is 1. The zero-order chi connectivity index (χ0) is 17.7. The molecule has 24 heavy (non-hydrogen) atoms. The van der Waals surface area contributed by atoms with Crippen LogP contribution in [0.5, 0.6) is 5.75 Å². The molecule has 0 saturated heterocycles. The first-order valence-corrected chi connectivity index (χ1v) is 8.27. The molecule has 1 N–H and O–H groups in total. The van der Waals surface area contributed by atoms with Crippen LogP contribution < -0.4 is 10.1 Å². The van der Waals surface area contributed by atoms with Gasteiger partial charge in [0, 0.05) is 32.5 Å². The summed E-state index contributed by atoms with van der Waals surface area (Å²) in [5.41, 5.74) is 2.82. The molecule has 2 rings (SSSR count). The van der Waals surface area contributed by atoms with Gasteiger partial charge in [-0.3, -0.25) is 0 Å². The Kier molecular flexibility index (Phi) is 5.94. The van der Waals surface area contributed by atoms with Crippen molar-refractivity contribution in [2.45, 2.75) is 39.3 Å². The average Bonchev–Trinajstić information content (AvgIpc) is 2.52. The zero-order valence-electron chi connectivity index (χ0n) is 15.3. The van der Waals surface area contributed by atoms with Gasteiger partial charge in [0.1, 0.15) is 18.0 Å². The third-order valence-corrected chi connectivity index (χ3v) is 3.79. The molecule has 0 bridgehead atoms. The number of amides is 1.